The molecule has 4 aromatic rings. The maximum absolute atomic E-state index is 14.5. The van der Waals surface area contributed by atoms with Crippen LogP contribution in [0.4, 0.5) is 5.69 Å². The van der Waals surface area contributed by atoms with E-state index in [1.165, 1.54) is 29.2 Å². The van der Waals surface area contributed by atoms with Crippen molar-refractivity contribution in [2.45, 2.75) is 50.7 Å². The fraction of sp³-hybridized carbons (Fsp3) is 0.235. The van der Waals surface area contributed by atoms with Gasteiger partial charge in [-0.05, 0) is 79.9 Å². The van der Waals surface area contributed by atoms with E-state index >= 15 is 0 Å². The SMILES string of the molecule is Cc1ccccc1N(CC(=O)N(Cc1ccc(Br)cc1)[C@H](Cc1ccccc1)C(=O)NC(C)C)S(=O)(=O)c1ccc(Cl)cc1. The van der Waals surface area contributed by atoms with Crippen LogP contribution in [0.15, 0.2) is 112 Å². The molecule has 0 bridgehead atoms. The van der Waals surface area contributed by atoms with Gasteiger partial charge in [0.15, 0.2) is 0 Å². The summed E-state index contributed by atoms with van der Waals surface area (Å²) in [4.78, 5) is 29.7. The van der Waals surface area contributed by atoms with Gasteiger partial charge in [-0.3, -0.25) is 13.9 Å². The second-order valence-corrected chi connectivity index (χ2v) is 14.0. The van der Waals surface area contributed by atoms with Gasteiger partial charge in [-0.2, -0.15) is 0 Å². The molecule has 4 aromatic carbocycles. The molecule has 0 aliphatic carbocycles. The van der Waals surface area contributed by atoms with Crippen molar-refractivity contribution in [3.8, 4) is 0 Å². The maximum Gasteiger partial charge on any atom is 0.264 e. The lowest BCUT2D eigenvalue weighted by Gasteiger charge is -2.34. The molecule has 0 aliphatic rings. The molecule has 44 heavy (non-hydrogen) atoms. The number of carbonyl (C=O) groups excluding carboxylic acids is 2. The monoisotopic (exact) mass is 695 g/mol. The van der Waals surface area contributed by atoms with E-state index in [1.807, 2.05) is 68.4 Å². The van der Waals surface area contributed by atoms with Gasteiger partial charge >= 0.3 is 0 Å². The number of amides is 2. The van der Waals surface area contributed by atoms with Crippen molar-refractivity contribution in [2.24, 2.45) is 0 Å². The zero-order chi connectivity index (χ0) is 31.9. The molecule has 0 radical (unpaired) electrons. The van der Waals surface area contributed by atoms with Crippen LogP contribution in [0.25, 0.3) is 0 Å². The van der Waals surface area contributed by atoms with Gasteiger partial charge in [-0.25, -0.2) is 8.42 Å². The van der Waals surface area contributed by atoms with Gasteiger partial charge in [0, 0.05) is 28.5 Å². The first kappa shape index (κ1) is 33.2. The molecule has 0 unspecified atom stereocenters. The second kappa shape index (κ2) is 14.9. The first-order valence-electron chi connectivity index (χ1n) is 14.2. The van der Waals surface area contributed by atoms with Crippen LogP contribution in [0.2, 0.25) is 5.02 Å². The zero-order valence-corrected chi connectivity index (χ0v) is 27.9. The summed E-state index contributed by atoms with van der Waals surface area (Å²) in [5.41, 5.74) is 2.70. The number of rotatable bonds is 12. The van der Waals surface area contributed by atoms with E-state index < -0.39 is 28.5 Å². The summed E-state index contributed by atoms with van der Waals surface area (Å²) in [6, 6.07) is 28.7. The van der Waals surface area contributed by atoms with Crippen LogP contribution in [-0.4, -0.2) is 43.8 Å². The molecule has 0 spiro atoms. The van der Waals surface area contributed by atoms with Crippen molar-refractivity contribution in [2.75, 3.05) is 10.8 Å². The Bertz CT molecular complexity index is 1680. The highest BCUT2D eigenvalue weighted by Crippen LogP contribution is 2.28. The number of carbonyl (C=O) groups is 2. The molecular weight excluding hydrogens is 662 g/mol. The van der Waals surface area contributed by atoms with Crippen LogP contribution >= 0.6 is 27.5 Å². The molecule has 7 nitrogen and oxygen atoms in total. The molecule has 0 aromatic heterocycles. The molecule has 1 N–H and O–H groups in total. The van der Waals surface area contributed by atoms with Crippen LogP contribution in [0.5, 0.6) is 0 Å². The molecule has 0 saturated heterocycles. The van der Waals surface area contributed by atoms with Crippen molar-refractivity contribution in [1.82, 2.24) is 10.2 Å². The lowest BCUT2D eigenvalue weighted by atomic mass is 10.0. The molecular formula is C34H35BrClN3O4S. The number of anilines is 1. The molecule has 4 rings (SSSR count). The summed E-state index contributed by atoms with van der Waals surface area (Å²) in [7, 11) is -4.20. The third kappa shape index (κ3) is 8.49. The van der Waals surface area contributed by atoms with Crippen LogP contribution in [0, 0.1) is 6.92 Å². The molecule has 0 aliphatic heterocycles. The van der Waals surface area contributed by atoms with E-state index in [-0.39, 0.29) is 29.8 Å². The summed E-state index contributed by atoms with van der Waals surface area (Å²) in [6.07, 6.45) is 0.246. The minimum atomic E-state index is -4.20. The van der Waals surface area contributed by atoms with Gasteiger partial charge in [-0.15, -0.1) is 0 Å². The average molecular weight is 697 g/mol. The van der Waals surface area contributed by atoms with Crippen molar-refractivity contribution in [3.05, 3.63) is 129 Å². The van der Waals surface area contributed by atoms with E-state index in [4.69, 9.17) is 11.6 Å². The molecule has 0 saturated carbocycles. The predicted molar refractivity (Wildman–Crippen MR) is 179 cm³/mol. The number of nitrogens with zero attached hydrogens (tertiary/aromatic N) is 2. The Kier molecular flexibility index (Phi) is 11.2. The quantitative estimate of drug-likeness (QED) is 0.177. The Balaban J connectivity index is 1.81. The smallest absolute Gasteiger partial charge is 0.264 e. The van der Waals surface area contributed by atoms with Gasteiger partial charge < -0.3 is 10.2 Å². The van der Waals surface area contributed by atoms with Crippen molar-refractivity contribution < 1.29 is 18.0 Å². The summed E-state index contributed by atoms with van der Waals surface area (Å²) in [5.74, 6) is -0.842. The van der Waals surface area contributed by atoms with Crippen molar-refractivity contribution in [1.29, 1.82) is 0 Å². The minimum absolute atomic E-state index is 0.00389. The fourth-order valence-corrected chi connectivity index (χ4v) is 6.68. The highest BCUT2D eigenvalue weighted by Gasteiger charge is 2.35. The highest BCUT2D eigenvalue weighted by molar-refractivity contribution is 9.10. The molecule has 1 atom stereocenters. The Labute approximate surface area is 273 Å². The fourth-order valence-electron chi connectivity index (χ4n) is 4.81. The second-order valence-electron chi connectivity index (χ2n) is 10.8. The van der Waals surface area contributed by atoms with Crippen LogP contribution in [-0.2, 0) is 32.6 Å². The summed E-state index contributed by atoms with van der Waals surface area (Å²) < 4.78 is 30.2. The van der Waals surface area contributed by atoms with Crippen LogP contribution in [0.1, 0.15) is 30.5 Å². The number of aryl methyl sites for hydroxylation is 1. The normalized spacial score (nSPS) is 12.0. The topological polar surface area (TPSA) is 86.8 Å². The van der Waals surface area contributed by atoms with E-state index in [1.54, 1.807) is 31.2 Å². The molecule has 10 heteroatoms. The van der Waals surface area contributed by atoms with E-state index in [0.29, 0.717) is 16.3 Å². The zero-order valence-electron chi connectivity index (χ0n) is 24.8. The van der Waals surface area contributed by atoms with Crippen LogP contribution in [0.3, 0.4) is 0 Å². The number of para-hydroxylation sites is 1. The first-order chi connectivity index (χ1) is 21.0. The number of halogens is 2. The Morgan fingerprint density at radius 3 is 2.07 bits per heavy atom. The Hall–Kier alpha value is -3.66. The first-order valence-corrected chi connectivity index (χ1v) is 16.8. The van der Waals surface area contributed by atoms with Gasteiger partial charge in [-0.1, -0.05) is 88.2 Å². The summed E-state index contributed by atoms with van der Waals surface area (Å²) in [6.45, 7) is 5.08. The Morgan fingerprint density at radius 2 is 1.45 bits per heavy atom. The van der Waals surface area contributed by atoms with E-state index in [0.717, 1.165) is 19.9 Å². The Morgan fingerprint density at radius 1 is 0.841 bits per heavy atom. The molecule has 2 amide bonds. The minimum Gasteiger partial charge on any atom is -0.352 e. The summed E-state index contributed by atoms with van der Waals surface area (Å²) in [5, 5.41) is 3.36. The number of hydrogen-bond acceptors (Lipinski definition) is 4. The number of benzene rings is 4. The summed E-state index contributed by atoms with van der Waals surface area (Å²) >= 11 is 9.50. The van der Waals surface area contributed by atoms with E-state index in [2.05, 4.69) is 21.2 Å². The largest absolute Gasteiger partial charge is 0.352 e. The third-order valence-corrected chi connectivity index (χ3v) is 9.59. The predicted octanol–water partition coefficient (Wildman–Crippen LogP) is 6.77. The van der Waals surface area contributed by atoms with Gasteiger partial charge in [0.25, 0.3) is 10.0 Å². The molecule has 0 heterocycles. The molecule has 0 fully saturated rings. The molecule has 230 valence electrons. The van der Waals surface area contributed by atoms with Gasteiger partial charge in [0.1, 0.15) is 12.6 Å². The van der Waals surface area contributed by atoms with Crippen molar-refractivity contribution in [3.63, 3.8) is 0 Å². The average Bonchev–Trinajstić information content (AvgIpc) is 2.99. The van der Waals surface area contributed by atoms with Crippen molar-refractivity contribution >= 4 is 55.1 Å². The van der Waals surface area contributed by atoms with Gasteiger partial charge in [0.05, 0.1) is 10.6 Å². The standard InChI is InChI=1S/C34H35BrClN3O4S/c1-24(2)37-34(41)32(21-26-10-5-4-6-11-26)38(22-27-13-15-28(35)16-14-27)33(40)23-39(31-12-8-7-9-25(31)3)44(42,43)30-19-17-29(36)18-20-30/h4-20,24,32H,21-23H2,1-3H3,(H,37,41)/t32-/m1/s1. The van der Waals surface area contributed by atoms with E-state index in [9.17, 15) is 18.0 Å². The highest BCUT2D eigenvalue weighted by atomic mass is 79.9. The number of sulfonamides is 1. The lowest BCUT2D eigenvalue weighted by molar-refractivity contribution is -0.140. The maximum atomic E-state index is 14.5. The number of nitrogens with one attached hydrogen (secondary N) is 1. The third-order valence-electron chi connectivity index (χ3n) is 7.03. The van der Waals surface area contributed by atoms with Gasteiger partial charge in [0.2, 0.25) is 11.8 Å². The lowest BCUT2D eigenvalue weighted by Crippen LogP contribution is -2.54. The van der Waals surface area contributed by atoms with Crippen LogP contribution < -0.4 is 9.62 Å². The number of hydrogen-bond donors (Lipinski definition) is 1.